The van der Waals surface area contributed by atoms with E-state index in [-0.39, 0.29) is 0 Å². The van der Waals surface area contributed by atoms with Crippen LogP contribution >= 0.6 is 0 Å². The molecule has 0 saturated heterocycles. The first kappa shape index (κ1) is 11.9. The monoisotopic (exact) mass is 270 g/mol. The molecule has 0 aliphatic carbocycles. The fourth-order valence-corrected chi connectivity index (χ4v) is 2.54. The van der Waals surface area contributed by atoms with E-state index in [2.05, 4.69) is 65.3 Å². The molecule has 0 aliphatic rings. The Morgan fingerprint density at radius 1 is 0.667 bits per heavy atom. The minimum atomic E-state index is 0.968. The van der Waals surface area contributed by atoms with Gasteiger partial charge < -0.3 is 4.40 Å². The lowest BCUT2D eigenvalue weighted by Gasteiger charge is -2.01. The Hall–Kier alpha value is -2.87. The van der Waals surface area contributed by atoms with Crippen LogP contribution in [0.5, 0.6) is 0 Å². The molecule has 4 aromatic rings. The van der Waals surface area contributed by atoms with Gasteiger partial charge in [0.05, 0.1) is 5.69 Å². The Bertz CT molecular complexity index is 840. The minimum absolute atomic E-state index is 0.968. The Labute approximate surface area is 123 Å². The summed E-state index contributed by atoms with van der Waals surface area (Å²) in [4.78, 5) is 4.73. The van der Waals surface area contributed by atoms with Gasteiger partial charge in [0.2, 0.25) is 0 Å². The van der Waals surface area contributed by atoms with Crippen LogP contribution in [-0.4, -0.2) is 9.38 Å². The lowest BCUT2D eigenvalue weighted by Crippen LogP contribution is -1.84. The number of aromatic nitrogens is 2. The van der Waals surface area contributed by atoms with Gasteiger partial charge in [-0.1, -0.05) is 60.7 Å². The van der Waals surface area contributed by atoms with Crippen molar-refractivity contribution in [2.75, 3.05) is 0 Å². The molecule has 0 saturated carbocycles. The van der Waals surface area contributed by atoms with Crippen LogP contribution in [-0.2, 0) is 0 Å². The van der Waals surface area contributed by atoms with Gasteiger partial charge in [-0.05, 0) is 23.3 Å². The number of nitrogens with zero attached hydrogens (tertiary/aromatic N) is 2. The fraction of sp³-hybridized carbons (Fsp3) is 0. The molecule has 2 heterocycles. The number of rotatable bonds is 2. The van der Waals surface area contributed by atoms with E-state index < -0.39 is 0 Å². The molecule has 0 amide bonds. The highest BCUT2D eigenvalue weighted by molar-refractivity contribution is 5.69. The van der Waals surface area contributed by atoms with Crippen LogP contribution in [0.25, 0.3) is 28.0 Å². The molecular formula is C19H14N2. The van der Waals surface area contributed by atoms with E-state index in [9.17, 15) is 0 Å². The Kier molecular flexibility index (Phi) is 2.79. The van der Waals surface area contributed by atoms with Crippen LogP contribution in [0.2, 0.25) is 0 Å². The average Bonchev–Trinajstić information content (AvgIpc) is 2.99. The number of hydrogen-bond donors (Lipinski definition) is 0. The largest absolute Gasteiger partial charge is 0.306 e. The summed E-state index contributed by atoms with van der Waals surface area (Å²) in [7, 11) is 0. The lowest BCUT2D eigenvalue weighted by molar-refractivity contribution is 1.19. The zero-order chi connectivity index (χ0) is 14.1. The molecule has 4 rings (SSSR count). The summed E-state index contributed by atoms with van der Waals surface area (Å²) in [5, 5.41) is 0. The van der Waals surface area contributed by atoms with E-state index in [1.807, 2.05) is 24.3 Å². The first-order chi connectivity index (χ1) is 10.4. The third-order valence-electron chi connectivity index (χ3n) is 3.64. The average molecular weight is 270 g/mol. The molecule has 2 aromatic carbocycles. The highest BCUT2D eigenvalue weighted by atomic mass is 15.0. The summed E-state index contributed by atoms with van der Waals surface area (Å²) >= 11 is 0. The molecule has 0 spiro atoms. The quantitative estimate of drug-likeness (QED) is 0.517. The molecule has 0 radical (unpaired) electrons. The van der Waals surface area contributed by atoms with Crippen molar-refractivity contribution < 1.29 is 0 Å². The third-order valence-corrected chi connectivity index (χ3v) is 3.64. The zero-order valence-corrected chi connectivity index (χ0v) is 11.5. The maximum absolute atomic E-state index is 4.73. The Morgan fingerprint density at radius 2 is 1.33 bits per heavy atom. The molecule has 0 bridgehead atoms. The van der Waals surface area contributed by atoms with E-state index >= 15 is 0 Å². The molecule has 0 unspecified atom stereocenters. The second kappa shape index (κ2) is 4.91. The number of fused-ring (bicyclic) bond motifs is 1. The van der Waals surface area contributed by atoms with Gasteiger partial charge in [0.25, 0.3) is 0 Å². The van der Waals surface area contributed by atoms with Gasteiger partial charge in [-0.15, -0.1) is 0 Å². The van der Waals surface area contributed by atoms with Crippen LogP contribution in [0, 0.1) is 0 Å². The van der Waals surface area contributed by atoms with Gasteiger partial charge in [-0.2, -0.15) is 0 Å². The van der Waals surface area contributed by atoms with E-state index in [1.54, 1.807) is 0 Å². The maximum Gasteiger partial charge on any atom is 0.138 e. The van der Waals surface area contributed by atoms with Gasteiger partial charge in [0, 0.05) is 18.0 Å². The second-order valence-electron chi connectivity index (χ2n) is 5.04. The molecule has 0 N–H and O–H groups in total. The van der Waals surface area contributed by atoms with Gasteiger partial charge >= 0.3 is 0 Å². The SMILES string of the molecule is c1ccc(-c2ccn3cc(-c4ccccc4)nc3c2)cc1. The minimum Gasteiger partial charge on any atom is -0.306 e. The molecular weight excluding hydrogens is 256 g/mol. The maximum atomic E-state index is 4.73. The van der Waals surface area contributed by atoms with Crippen molar-refractivity contribution in [3.8, 4) is 22.4 Å². The fourth-order valence-electron chi connectivity index (χ4n) is 2.54. The van der Waals surface area contributed by atoms with E-state index in [0.29, 0.717) is 0 Å². The summed E-state index contributed by atoms with van der Waals surface area (Å²) < 4.78 is 2.06. The Balaban J connectivity index is 1.82. The van der Waals surface area contributed by atoms with Crippen molar-refractivity contribution in [1.82, 2.24) is 9.38 Å². The number of hydrogen-bond acceptors (Lipinski definition) is 1. The molecule has 21 heavy (non-hydrogen) atoms. The van der Waals surface area contributed by atoms with E-state index in [0.717, 1.165) is 16.9 Å². The summed E-state index contributed by atoms with van der Waals surface area (Å²) in [6.45, 7) is 0. The molecule has 100 valence electrons. The molecule has 2 aromatic heterocycles. The van der Waals surface area contributed by atoms with E-state index in [1.165, 1.54) is 11.1 Å². The number of imidazole rings is 1. The lowest BCUT2D eigenvalue weighted by atomic mass is 10.1. The van der Waals surface area contributed by atoms with Crippen molar-refractivity contribution in [2.24, 2.45) is 0 Å². The van der Waals surface area contributed by atoms with Crippen molar-refractivity contribution >= 4 is 5.65 Å². The summed E-state index contributed by atoms with van der Waals surface area (Å²) in [5.41, 5.74) is 5.51. The van der Waals surface area contributed by atoms with E-state index in [4.69, 9.17) is 4.98 Å². The van der Waals surface area contributed by atoms with Crippen molar-refractivity contribution in [2.45, 2.75) is 0 Å². The normalized spacial score (nSPS) is 10.9. The van der Waals surface area contributed by atoms with Crippen LogP contribution in [0.1, 0.15) is 0 Å². The predicted octanol–water partition coefficient (Wildman–Crippen LogP) is 4.67. The zero-order valence-electron chi connectivity index (χ0n) is 11.5. The topological polar surface area (TPSA) is 17.3 Å². The van der Waals surface area contributed by atoms with Gasteiger partial charge in [0.1, 0.15) is 5.65 Å². The third kappa shape index (κ3) is 2.21. The van der Waals surface area contributed by atoms with Crippen molar-refractivity contribution in [3.05, 3.63) is 85.2 Å². The Morgan fingerprint density at radius 3 is 2.05 bits per heavy atom. The highest BCUT2D eigenvalue weighted by Gasteiger charge is 2.05. The van der Waals surface area contributed by atoms with Crippen molar-refractivity contribution in [1.29, 1.82) is 0 Å². The van der Waals surface area contributed by atoms with Crippen LogP contribution in [0.15, 0.2) is 85.2 Å². The first-order valence-corrected chi connectivity index (χ1v) is 7.00. The molecule has 2 heteroatoms. The van der Waals surface area contributed by atoms with Crippen molar-refractivity contribution in [3.63, 3.8) is 0 Å². The first-order valence-electron chi connectivity index (χ1n) is 7.00. The summed E-state index contributed by atoms with van der Waals surface area (Å²) in [6.07, 6.45) is 4.14. The molecule has 0 fully saturated rings. The number of pyridine rings is 1. The second-order valence-corrected chi connectivity index (χ2v) is 5.04. The predicted molar refractivity (Wildman–Crippen MR) is 86.1 cm³/mol. The van der Waals surface area contributed by atoms with Gasteiger partial charge in [-0.25, -0.2) is 4.98 Å². The molecule has 0 aliphatic heterocycles. The van der Waals surface area contributed by atoms with Gasteiger partial charge in [-0.3, -0.25) is 0 Å². The van der Waals surface area contributed by atoms with Crippen LogP contribution in [0.4, 0.5) is 0 Å². The molecule has 2 nitrogen and oxygen atoms in total. The standard InChI is InChI=1S/C19H14N2/c1-3-7-15(8-4-1)17-11-12-21-14-18(20-19(21)13-17)16-9-5-2-6-10-16/h1-14H. The smallest absolute Gasteiger partial charge is 0.138 e. The van der Waals surface area contributed by atoms with Crippen LogP contribution in [0.3, 0.4) is 0 Å². The summed E-state index contributed by atoms with van der Waals surface area (Å²) in [6, 6.07) is 24.9. The number of benzene rings is 2. The van der Waals surface area contributed by atoms with Gasteiger partial charge in [0.15, 0.2) is 0 Å². The highest BCUT2D eigenvalue weighted by Crippen LogP contribution is 2.23. The van der Waals surface area contributed by atoms with Crippen LogP contribution < -0.4 is 0 Å². The molecule has 0 atom stereocenters. The summed E-state index contributed by atoms with van der Waals surface area (Å²) in [5.74, 6) is 0.